The third-order valence-electron chi connectivity index (χ3n) is 3.10. The summed E-state index contributed by atoms with van der Waals surface area (Å²) >= 11 is 0. The number of carbonyl (C=O) groups excluding carboxylic acids is 2. The van der Waals surface area contributed by atoms with Crippen LogP contribution in [0, 0.1) is 0 Å². The number of aryl methyl sites for hydroxylation is 1. The van der Waals surface area contributed by atoms with Gasteiger partial charge in [0.1, 0.15) is 0 Å². The Bertz CT molecular complexity index is 469. The highest BCUT2D eigenvalue weighted by molar-refractivity contribution is 6.16. The molecule has 0 saturated carbocycles. The van der Waals surface area contributed by atoms with E-state index in [1.165, 1.54) is 0 Å². The lowest BCUT2D eigenvalue weighted by Crippen LogP contribution is -2.42. The second-order valence-corrected chi connectivity index (χ2v) is 4.13. The molecule has 0 amide bonds. The Balaban J connectivity index is 2.49. The predicted molar refractivity (Wildman–Crippen MR) is 59.6 cm³/mol. The molecule has 0 saturated heterocycles. The highest BCUT2D eigenvalue weighted by atomic mass is 19.1. The lowest BCUT2D eigenvalue weighted by atomic mass is 9.92. The Kier molecular flexibility index (Phi) is 2.96. The standard InChI is InChI=1S/C13H13FO3/c1-17-12(16)13(14)8-4-6-9-5-2-3-7-10(9)11(13)15/h2-3,5,7H,4,6,8H2,1H3. The molecule has 0 bridgehead atoms. The van der Waals surface area contributed by atoms with Crippen LogP contribution in [0.25, 0.3) is 0 Å². The smallest absolute Gasteiger partial charge is 0.351 e. The number of alkyl halides is 1. The summed E-state index contributed by atoms with van der Waals surface area (Å²) in [5.74, 6) is -1.88. The van der Waals surface area contributed by atoms with Crippen molar-refractivity contribution < 1.29 is 18.7 Å². The van der Waals surface area contributed by atoms with E-state index in [2.05, 4.69) is 4.74 Å². The maximum atomic E-state index is 14.5. The predicted octanol–water partition coefficient (Wildman–Crippen LogP) is 2.09. The van der Waals surface area contributed by atoms with Crippen molar-refractivity contribution >= 4 is 11.8 Å². The number of ether oxygens (including phenoxy) is 1. The van der Waals surface area contributed by atoms with Gasteiger partial charge in [-0.3, -0.25) is 4.79 Å². The molecule has 0 radical (unpaired) electrons. The summed E-state index contributed by atoms with van der Waals surface area (Å²) in [5, 5.41) is 0. The van der Waals surface area contributed by atoms with Crippen molar-refractivity contribution in [1.29, 1.82) is 0 Å². The molecule has 2 rings (SSSR count). The van der Waals surface area contributed by atoms with Gasteiger partial charge >= 0.3 is 5.97 Å². The molecule has 1 aliphatic rings. The number of halogens is 1. The molecular formula is C13H13FO3. The van der Waals surface area contributed by atoms with E-state index < -0.39 is 17.4 Å². The van der Waals surface area contributed by atoms with Crippen LogP contribution < -0.4 is 0 Å². The lowest BCUT2D eigenvalue weighted by molar-refractivity contribution is -0.151. The lowest BCUT2D eigenvalue weighted by Gasteiger charge is -2.19. The molecule has 0 aliphatic heterocycles. The minimum absolute atomic E-state index is 0.118. The fraction of sp³-hybridized carbons (Fsp3) is 0.385. The van der Waals surface area contributed by atoms with E-state index in [1.54, 1.807) is 24.3 Å². The van der Waals surface area contributed by atoms with Gasteiger partial charge in [-0.05, 0) is 18.4 Å². The molecule has 4 heteroatoms. The fourth-order valence-corrected chi connectivity index (χ4v) is 2.17. The number of esters is 1. The van der Waals surface area contributed by atoms with Gasteiger partial charge in [-0.25, -0.2) is 9.18 Å². The topological polar surface area (TPSA) is 43.4 Å². The van der Waals surface area contributed by atoms with Crippen molar-refractivity contribution in [1.82, 2.24) is 0 Å². The average molecular weight is 236 g/mol. The zero-order valence-corrected chi connectivity index (χ0v) is 9.53. The number of Topliss-reactive ketones (excluding diaryl/α,β-unsaturated/α-hetero) is 1. The van der Waals surface area contributed by atoms with Crippen LogP contribution in [0.2, 0.25) is 0 Å². The number of carbonyl (C=O) groups is 2. The minimum Gasteiger partial charge on any atom is -0.466 e. The first-order chi connectivity index (χ1) is 8.09. The van der Waals surface area contributed by atoms with Crippen LogP contribution in [0.3, 0.4) is 0 Å². The van der Waals surface area contributed by atoms with Crippen molar-refractivity contribution in [2.75, 3.05) is 7.11 Å². The van der Waals surface area contributed by atoms with Gasteiger partial charge in [-0.1, -0.05) is 24.3 Å². The van der Waals surface area contributed by atoms with E-state index >= 15 is 0 Å². The van der Waals surface area contributed by atoms with Gasteiger partial charge in [-0.15, -0.1) is 0 Å². The summed E-state index contributed by atoms with van der Waals surface area (Å²) in [6, 6.07) is 6.81. The van der Waals surface area contributed by atoms with Crippen LogP contribution in [0.5, 0.6) is 0 Å². The van der Waals surface area contributed by atoms with Crippen LogP contribution in [0.15, 0.2) is 24.3 Å². The molecule has 17 heavy (non-hydrogen) atoms. The number of fused-ring (bicyclic) bond motifs is 1. The molecule has 1 aromatic rings. The molecule has 0 spiro atoms. The molecule has 1 aromatic carbocycles. The van der Waals surface area contributed by atoms with Gasteiger partial charge in [-0.2, -0.15) is 0 Å². The number of hydrogen-bond donors (Lipinski definition) is 0. The quantitative estimate of drug-likeness (QED) is 0.426. The van der Waals surface area contributed by atoms with Gasteiger partial charge in [0.25, 0.3) is 5.67 Å². The minimum atomic E-state index is -2.53. The SMILES string of the molecule is COC(=O)C1(F)CCCc2ccccc2C1=O. The van der Waals surface area contributed by atoms with E-state index in [0.29, 0.717) is 12.8 Å². The van der Waals surface area contributed by atoms with E-state index in [1.807, 2.05) is 0 Å². The molecule has 1 unspecified atom stereocenters. The maximum Gasteiger partial charge on any atom is 0.351 e. The fourth-order valence-electron chi connectivity index (χ4n) is 2.17. The Morgan fingerprint density at radius 1 is 1.41 bits per heavy atom. The molecule has 0 fully saturated rings. The van der Waals surface area contributed by atoms with Gasteiger partial charge < -0.3 is 4.74 Å². The monoisotopic (exact) mass is 236 g/mol. The zero-order chi connectivity index (χ0) is 12.5. The van der Waals surface area contributed by atoms with Crippen LogP contribution in [0.4, 0.5) is 4.39 Å². The van der Waals surface area contributed by atoms with Gasteiger partial charge in [0.2, 0.25) is 5.78 Å². The van der Waals surface area contributed by atoms with Gasteiger partial charge in [0.05, 0.1) is 7.11 Å². The maximum absolute atomic E-state index is 14.5. The van der Waals surface area contributed by atoms with Crippen molar-refractivity contribution in [2.45, 2.75) is 24.9 Å². The van der Waals surface area contributed by atoms with Crippen LogP contribution >= 0.6 is 0 Å². The Labute approximate surface area is 98.6 Å². The summed E-state index contributed by atoms with van der Waals surface area (Å²) in [5.41, 5.74) is -1.44. The summed E-state index contributed by atoms with van der Waals surface area (Å²) < 4.78 is 18.9. The summed E-state index contributed by atoms with van der Waals surface area (Å²) in [6.07, 6.45) is 0.937. The molecule has 90 valence electrons. The number of ketones is 1. The average Bonchev–Trinajstić information content (AvgIpc) is 2.48. The van der Waals surface area contributed by atoms with Crippen molar-refractivity contribution in [2.24, 2.45) is 0 Å². The molecule has 0 heterocycles. The zero-order valence-electron chi connectivity index (χ0n) is 9.53. The van der Waals surface area contributed by atoms with Gasteiger partial charge in [0.15, 0.2) is 0 Å². The van der Waals surface area contributed by atoms with E-state index in [-0.39, 0.29) is 12.0 Å². The van der Waals surface area contributed by atoms with Crippen molar-refractivity contribution in [3.63, 3.8) is 0 Å². The molecular weight excluding hydrogens is 223 g/mol. The second kappa shape index (κ2) is 4.28. The molecule has 1 aliphatic carbocycles. The second-order valence-electron chi connectivity index (χ2n) is 4.13. The third kappa shape index (κ3) is 1.84. The molecule has 3 nitrogen and oxygen atoms in total. The van der Waals surface area contributed by atoms with Crippen molar-refractivity contribution in [3.8, 4) is 0 Å². The molecule has 0 aromatic heterocycles. The van der Waals surface area contributed by atoms with Crippen LogP contribution in [-0.4, -0.2) is 24.5 Å². The largest absolute Gasteiger partial charge is 0.466 e. The van der Waals surface area contributed by atoms with Gasteiger partial charge in [0, 0.05) is 12.0 Å². The summed E-state index contributed by atoms with van der Waals surface area (Å²) in [7, 11) is 1.09. The molecule has 0 N–H and O–H groups in total. The Hall–Kier alpha value is -1.71. The normalized spacial score (nSPS) is 23.8. The summed E-state index contributed by atoms with van der Waals surface area (Å²) in [6.45, 7) is 0. The first-order valence-electron chi connectivity index (χ1n) is 5.49. The van der Waals surface area contributed by atoms with Crippen LogP contribution in [0.1, 0.15) is 28.8 Å². The number of methoxy groups -OCH3 is 1. The number of hydrogen-bond acceptors (Lipinski definition) is 3. The first-order valence-corrected chi connectivity index (χ1v) is 5.49. The van der Waals surface area contributed by atoms with E-state index in [0.717, 1.165) is 12.7 Å². The number of rotatable bonds is 1. The van der Waals surface area contributed by atoms with E-state index in [4.69, 9.17) is 0 Å². The molecule has 1 atom stereocenters. The Morgan fingerprint density at radius 2 is 2.12 bits per heavy atom. The number of benzene rings is 1. The first kappa shape index (κ1) is 11.8. The highest BCUT2D eigenvalue weighted by Crippen LogP contribution is 2.31. The Morgan fingerprint density at radius 3 is 2.82 bits per heavy atom. The van der Waals surface area contributed by atoms with E-state index in [9.17, 15) is 14.0 Å². The third-order valence-corrected chi connectivity index (χ3v) is 3.10. The van der Waals surface area contributed by atoms with Crippen LogP contribution in [-0.2, 0) is 16.0 Å². The van der Waals surface area contributed by atoms with Crippen molar-refractivity contribution in [3.05, 3.63) is 35.4 Å². The summed E-state index contributed by atoms with van der Waals surface area (Å²) in [4.78, 5) is 23.5. The highest BCUT2D eigenvalue weighted by Gasteiger charge is 2.49.